The maximum atomic E-state index is 5.54. The molecule has 0 unspecified atom stereocenters. The predicted molar refractivity (Wildman–Crippen MR) is 67.2 cm³/mol. The number of piperidine rings is 1. The lowest BCUT2D eigenvalue weighted by atomic mass is 9.99. The van der Waals surface area contributed by atoms with Gasteiger partial charge in [0.05, 0.1) is 0 Å². The summed E-state index contributed by atoms with van der Waals surface area (Å²) in [6.45, 7) is 6.63. The zero-order chi connectivity index (χ0) is 11.4. The molecular formula is C13H23N3. The molecule has 0 bridgehead atoms. The molecule has 0 atom stereocenters. The van der Waals surface area contributed by atoms with Crippen LogP contribution >= 0.6 is 0 Å². The average molecular weight is 221 g/mol. The van der Waals surface area contributed by atoms with Crippen LogP contribution in [-0.4, -0.2) is 29.5 Å². The van der Waals surface area contributed by atoms with Gasteiger partial charge < -0.3 is 10.7 Å². The van der Waals surface area contributed by atoms with Crippen molar-refractivity contribution in [1.29, 1.82) is 0 Å². The second kappa shape index (κ2) is 5.51. The lowest BCUT2D eigenvalue weighted by Crippen LogP contribution is -2.32. The van der Waals surface area contributed by atoms with E-state index in [0.717, 1.165) is 25.4 Å². The summed E-state index contributed by atoms with van der Waals surface area (Å²) in [5, 5.41) is 0. The Kier molecular flexibility index (Phi) is 4.02. The summed E-state index contributed by atoms with van der Waals surface area (Å²) in [6, 6.07) is 4.36. The molecule has 0 aromatic carbocycles. The van der Waals surface area contributed by atoms with Crippen LogP contribution in [-0.2, 0) is 13.0 Å². The average Bonchev–Trinajstić information content (AvgIpc) is 2.70. The second-order valence-electron chi connectivity index (χ2n) is 5.01. The maximum Gasteiger partial charge on any atom is 0.0385 e. The summed E-state index contributed by atoms with van der Waals surface area (Å²) in [5.74, 6) is 0.910. The summed E-state index contributed by atoms with van der Waals surface area (Å²) in [4.78, 5) is 5.99. The van der Waals surface area contributed by atoms with Gasteiger partial charge in [-0.15, -0.1) is 0 Å². The van der Waals surface area contributed by atoms with Crippen LogP contribution in [0.4, 0.5) is 0 Å². The first-order chi connectivity index (χ1) is 7.78. The van der Waals surface area contributed by atoms with Gasteiger partial charge in [-0.3, -0.25) is 4.90 Å². The normalized spacial score (nSPS) is 19.1. The Hall–Kier alpha value is -0.800. The van der Waals surface area contributed by atoms with Crippen molar-refractivity contribution in [2.24, 2.45) is 11.7 Å². The third-order valence-electron chi connectivity index (χ3n) is 3.49. The van der Waals surface area contributed by atoms with Gasteiger partial charge in [-0.05, 0) is 56.9 Å². The lowest BCUT2D eigenvalue weighted by molar-refractivity contribution is 0.183. The van der Waals surface area contributed by atoms with Crippen molar-refractivity contribution in [2.45, 2.75) is 32.7 Å². The molecule has 3 N–H and O–H groups in total. The van der Waals surface area contributed by atoms with E-state index in [4.69, 9.17) is 5.73 Å². The van der Waals surface area contributed by atoms with Crippen LogP contribution in [0.2, 0.25) is 0 Å². The van der Waals surface area contributed by atoms with Gasteiger partial charge in [-0.25, -0.2) is 0 Å². The number of likely N-dealkylation sites (tertiary alicyclic amines) is 1. The molecule has 0 amide bonds. The molecule has 3 heteroatoms. The Bertz CT molecular complexity index is 311. The highest BCUT2D eigenvalue weighted by atomic mass is 15.1. The zero-order valence-corrected chi connectivity index (χ0v) is 10.2. The number of rotatable bonds is 4. The lowest BCUT2D eigenvalue weighted by Gasteiger charge is -2.29. The van der Waals surface area contributed by atoms with Crippen molar-refractivity contribution in [2.75, 3.05) is 19.6 Å². The van der Waals surface area contributed by atoms with Crippen molar-refractivity contribution < 1.29 is 0 Å². The third kappa shape index (κ3) is 3.09. The minimum atomic E-state index is 0.723. The summed E-state index contributed by atoms with van der Waals surface area (Å²) in [5.41, 5.74) is 8.14. The summed E-state index contributed by atoms with van der Waals surface area (Å²) in [6.07, 6.45) is 3.64. The molecule has 1 saturated heterocycles. The fraction of sp³-hybridized carbons (Fsp3) is 0.692. The topological polar surface area (TPSA) is 45.0 Å². The fourth-order valence-corrected chi connectivity index (χ4v) is 2.35. The number of hydrogen-bond donors (Lipinski definition) is 2. The van der Waals surface area contributed by atoms with Crippen LogP contribution in [0.25, 0.3) is 0 Å². The highest BCUT2D eigenvalue weighted by Crippen LogP contribution is 2.17. The van der Waals surface area contributed by atoms with Gasteiger partial charge in [0, 0.05) is 17.9 Å². The molecule has 0 aliphatic carbocycles. The summed E-state index contributed by atoms with van der Waals surface area (Å²) in [7, 11) is 0. The van der Waals surface area contributed by atoms with Crippen LogP contribution in [0, 0.1) is 5.92 Å². The Labute approximate surface area is 98.0 Å². The van der Waals surface area contributed by atoms with E-state index < -0.39 is 0 Å². The molecule has 3 nitrogen and oxygen atoms in total. The molecule has 2 heterocycles. The smallest absolute Gasteiger partial charge is 0.0385 e. The molecule has 0 spiro atoms. The first-order valence-electron chi connectivity index (χ1n) is 6.37. The standard InChI is InChI=1S/C13H23N3/c1-11-5-8-16(9-6-11)10-13-3-2-12(15-13)4-7-14/h2-3,11,15H,4-10,14H2,1H3. The van der Waals surface area contributed by atoms with Crippen LogP contribution in [0.1, 0.15) is 31.2 Å². The maximum absolute atomic E-state index is 5.54. The van der Waals surface area contributed by atoms with Crippen molar-refractivity contribution in [3.8, 4) is 0 Å². The van der Waals surface area contributed by atoms with E-state index in [1.54, 1.807) is 0 Å². The van der Waals surface area contributed by atoms with Gasteiger partial charge in [-0.1, -0.05) is 6.92 Å². The van der Waals surface area contributed by atoms with Gasteiger partial charge in [0.2, 0.25) is 0 Å². The highest BCUT2D eigenvalue weighted by molar-refractivity contribution is 5.13. The van der Waals surface area contributed by atoms with Gasteiger partial charge in [-0.2, -0.15) is 0 Å². The molecule has 1 fully saturated rings. The fourth-order valence-electron chi connectivity index (χ4n) is 2.35. The number of hydrogen-bond acceptors (Lipinski definition) is 2. The SMILES string of the molecule is CC1CCN(Cc2ccc(CCN)[nH]2)CC1. The summed E-state index contributed by atoms with van der Waals surface area (Å²) < 4.78 is 0. The molecule has 1 aliphatic heterocycles. The van der Waals surface area contributed by atoms with Gasteiger partial charge in [0.15, 0.2) is 0 Å². The number of nitrogens with zero attached hydrogens (tertiary/aromatic N) is 1. The van der Waals surface area contributed by atoms with Crippen LogP contribution in [0.3, 0.4) is 0 Å². The molecule has 1 aliphatic rings. The van der Waals surface area contributed by atoms with E-state index in [1.165, 1.54) is 37.3 Å². The van der Waals surface area contributed by atoms with Crippen LogP contribution < -0.4 is 5.73 Å². The zero-order valence-electron chi connectivity index (χ0n) is 10.2. The third-order valence-corrected chi connectivity index (χ3v) is 3.49. The highest BCUT2D eigenvalue weighted by Gasteiger charge is 2.15. The summed E-state index contributed by atoms with van der Waals surface area (Å²) >= 11 is 0. The van der Waals surface area contributed by atoms with Gasteiger partial charge in [0.25, 0.3) is 0 Å². The number of nitrogens with two attached hydrogens (primary N) is 1. The Balaban J connectivity index is 1.83. The van der Waals surface area contributed by atoms with E-state index in [0.29, 0.717) is 0 Å². The number of aromatic nitrogens is 1. The van der Waals surface area contributed by atoms with Crippen molar-refractivity contribution >= 4 is 0 Å². The monoisotopic (exact) mass is 221 g/mol. The molecule has 0 saturated carbocycles. The van der Waals surface area contributed by atoms with Crippen molar-refractivity contribution in [3.63, 3.8) is 0 Å². The Morgan fingerprint density at radius 1 is 1.31 bits per heavy atom. The quantitative estimate of drug-likeness (QED) is 0.813. The van der Waals surface area contributed by atoms with Crippen LogP contribution in [0.15, 0.2) is 12.1 Å². The minimum Gasteiger partial charge on any atom is -0.361 e. The van der Waals surface area contributed by atoms with E-state index >= 15 is 0 Å². The Morgan fingerprint density at radius 3 is 2.69 bits per heavy atom. The molecule has 90 valence electrons. The number of aromatic amines is 1. The van der Waals surface area contributed by atoms with E-state index in [2.05, 4.69) is 28.9 Å². The van der Waals surface area contributed by atoms with Gasteiger partial charge in [0.1, 0.15) is 0 Å². The Morgan fingerprint density at radius 2 is 2.00 bits per heavy atom. The minimum absolute atomic E-state index is 0.723. The van der Waals surface area contributed by atoms with Crippen molar-refractivity contribution in [3.05, 3.63) is 23.5 Å². The van der Waals surface area contributed by atoms with E-state index in [9.17, 15) is 0 Å². The first-order valence-corrected chi connectivity index (χ1v) is 6.37. The van der Waals surface area contributed by atoms with Gasteiger partial charge >= 0.3 is 0 Å². The second-order valence-corrected chi connectivity index (χ2v) is 5.01. The first kappa shape index (κ1) is 11.7. The van der Waals surface area contributed by atoms with Crippen molar-refractivity contribution in [1.82, 2.24) is 9.88 Å². The molecule has 1 aromatic heterocycles. The molecule has 2 rings (SSSR count). The number of H-pyrrole nitrogens is 1. The molecule has 0 radical (unpaired) electrons. The largest absolute Gasteiger partial charge is 0.361 e. The molecule has 16 heavy (non-hydrogen) atoms. The molecular weight excluding hydrogens is 198 g/mol. The van der Waals surface area contributed by atoms with E-state index in [1.807, 2.05) is 0 Å². The molecule has 1 aromatic rings. The predicted octanol–water partition coefficient (Wildman–Crippen LogP) is 1.75. The van der Waals surface area contributed by atoms with E-state index in [-0.39, 0.29) is 0 Å². The van der Waals surface area contributed by atoms with Crippen LogP contribution in [0.5, 0.6) is 0 Å². The number of nitrogens with one attached hydrogen (secondary N) is 1.